The second-order valence-electron chi connectivity index (χ2n) is 3.57. The summed E-state index contributed by atoms with van der Waals surface area (Å²) >= 11 is 0. The highest BCUT2D eigenvalue weighted by Gasteiger charge is 2.32. The molecule has 14 heavy (non-hydrogen) atoms. The van der Waals surface area contributed by atoms with Gasteiger partial charge in [0, 0.05) is 25.1 Å². The van der Waals surface area contributed by atoms with Crippen molar-refractivity contribution in [1.29, 1.82) is 0 Å². The Morgan fingerprint density at radius 2 is 2.07 bits per heavy atom. The Hall–Kier alpha value is -0.540. The maximum absolute atomic E-state index is 11.1. The average molecular weight is 217 g/mol. The third-order valence-electron chi connectivity index (χ3n) is 2.60. The molecule has 4 heteroatoms. The van der Waals surface area contributed by atoms with Gasteiger partial charge in [-0.2, -0.15) is 0 Å². The van der Waals surface area contributed by atoms with Gasteiger partial charge in [0.25, 0.3) is 0 Å². The van der Waals surface area contributed by atoms with Crippen molar-refractivity contribution in [2.45, 2.75) is 25.5 Å². The van der Waals surface area contributed by atoms with E-state index in [1.807, 2.05) is 0 Å². The molecular formula is C10H15ClNO2. The molecule has 0 aliphatic carbocycles. The summed E-state index contributed by atoms with van der Waals surface area (Å²) in [6, 6.07) is 0. The summed E-state index contributed by atoms with van der Waals surface area (Å²) < 4.78 is 5.19. The first-order valence-electron chi connectivity index (χ1n) is 4.72. The van der Waals surface area contributed by atoms with Gasteiger partial charge in [-0.05, 0) is 19.3 Å². The molecule has 2 fully saturated rings. The molecule has 0 N–H and O–H groups in total. The number of ether oxygens (including phenoxy) is 1. The van der Waals surface area contributed by atoms with Gasteiger partial charge in [0.15, 0.2) is 6.23 Å². The van der Waals surface area contributed by atoms with Crippen LogP contribution in [0.3, 0.4) is 0 Å². The molecule has 2 aliphatic heterocycles. The van der Waals surface area contributed by atoms with Crippen LogP contribution in [0, 0.1) is 6.42 Å². The molecule has 0 bridgehead atoms. The smallest absolute Gasteiger partial charge is 0.335 e. The molecule has 0 amide bonds. The number of piperidine rings is 1. The van der Waals surface area contributed by atoms with Crippen LogP contribution in [0.5, 0.6) is 0 Å². The van der Waals surface area contributed by atoms with Gasteiger partial charge >= 0.3 is 5.97 Å². The molecule has 1 radical (unpaired) electrons. The first kappa shape index (κ1) is 11.5. The van der Waals surface area contributed by atoms with Crippen molar-refractivity contribution in [3.8, 4) is 0 Å². The number of carbonyl (C=O) groups excluding carboxylic acids is 1. The van der Waals surface area contributed by atoms with Gasteiger partial charge in [-0.25, -0.2) is 4.79 Å². The predicted octanol–water partition coefficient (Wildman–Crippen LogP) is 1.54. The fourth-order valence-electron chi connectivity index (χ4n) is 1.80. The Morgan fingerprint density at radius 1 is 1.43 bits per heavy atom. The van der Waals surface area contributed by atoms with Gasteiger partial charge in [0.05, 0.1) is 0 Å². The SMILES string of the molecule is C=C1CC(N2CC[CH]CC2)OC1=O.Cl. The molecular weight excluding hydrogens is 202 g/mol. The molecule has 2 rings (SSSR count). The van der Waals surface area contributed by atoms with Gasteiger partial charge < -0.3 is 4.74 Å². The molecule has 0 saturated carbocycles. The number of cyclic esters (lactones) is 1. The van der Waals surface area contributed by atoms with E-state index in [1.165, 1.54) is 0 Å². The molecule has 3 nitrogen and oxygen atoms in total. The summed E-state index contributed by atoms with van der Waals surface area (Å²) in [5, 5.41) is 0. The lowest BCUT2D eigenvalue weighted by atomic mass is 10.1. The monoisotopic (exact) mass is 216 g/mol. The molecule has 79 valence electrons. The van der Waals surface area contributed by atoms with Crippen LogP contribution in [-0.4, -0.2) is 30.2 Å². The van der Waals surface area contributed by atoms with Crippen LogP contribution in [0.2, 0.25) is 0 Å². The standard InChI is InChI=1S/C10H14NO2.ClH/c1-8-7-9(13-10(8)12)11-5-3-2-4-6-11;/h2,9H,1,3-7H2;1H. The predicted molar refractivity (Wildman–Crippen MR) is 56.0 cm³/mol. The molecule has 0 aromatic carbocycles. The number of esters is 1. The molecule has 1 unspecified atom stereocenters. The highest BCUT2D eigenvalue weighted by molar-refractivity contribution is 5.89. The van der Waals surface area contributed by atoms with Crippen molar-refractivity contribution in [2.75, 3.05) is 13.1 Å². The van der Waals surface area contributed by atoms with Crippen molar-refractivity contribution in [3.05, 3.63) is 18.6 Å². The third-order valence-corrected chi connectivity index (χ3v) is 2.60. The van der Waals surface area contributed by atoms with Crippen LogP contribution in [0.15, 0.2) is 12.2 Å². The number of hydrogen-bond acceptors (Lipinski definition) is 3. The maximum atomic E-state index is 11.1. The fraction of sp³-hybridized carbons (Fsp3) is 0.600. The topological polar surface area (TPSA) is 29.5 Å². The van der Waals surface area contributed by atoms with Crippen molar-refractivity contribution in [1.82, 2.24) is 4.90 Å². The maximum Gasteiger partial charge on any atom is 0.335 e. The molecule has 2 aliphatic rings. The zero-order valence-electron chi connectivity index (χ0n) is 8.07. The van der Waals surface area contributed by atoms with Crippen LogP contribution in [0.4, 0.5) is 0 Å². The average Bonchev–Trinajstić information content (AvgIpc) is 2.49. The lowest BCUT2D eigenvalue weighted by molar-refractivity contribution is -0.146. The van der Waals surface area contributed by atoms with E-state index in [0.717, 1.165) is 25.9 Å². The Morgan fingerprint density at radius 3 is 2.57 bits per heavy atom. The quantitative estimate of drug-likeness (QED) is 0.492. The van der Waals surface area contributed by atoms with E-state index in [-0.39, 0.29) is 24.6 Å². The van der Waals surface area contributed by atoms with Gasteiger partial charge in [0.1, 0.15) is 0 Å². The zero-order valence-corrected chi connectivity index (χ0v) is 8.89. The molecule has 0 aromatic rings. The van der Waals surface area contributed by atoms with E-state index in [2.05, 4.69) is 17.9 Å². The van der Waals surface area contributed by atoms with Crippen LogP contribution in [0.25, 0.3) is 0 Å². The van der Waals surface area contributed by atoms with E-state index in [0.29, 0.717) is 12.0 Å². The summed E-state index contributed by atoms with van der Waals surface area (Å²) in [4.78, 5) is 13.3. The highest BCUT2D eigenvalue weighted by atomic mass is 35.5. The van der Waals surface area contributed by atoms with Crippen LogP contribution >= 0.6 is 12.4 Å². The number of nitrogens with zero attached hydrogens (tertiary/aromatic N) is 1. The zero-order chi connectivity index (χ0) is 9.26. The van der Waals surface area contributed by atoms with E-state index in [4.69, 9.17) is 4.74 Å². The number of hydrogen-bond donors (Lipinski definition) is 0. The Labute approximate surface area is 90.5 Å². The van der Waals surface area contributed by atoms with Crippen LogP contribution in [0.1, 0.15) is 19.3 Å². The van der Waals surface area contributed by atoms with Crippen molar-refractivity contribution >= 4 is 18.4 Å². The summed E-state index contributed by atoms with van der Waals surface area (Å²) in [7, 11) is 0. The molecule has 0 aromatic heterocycles. The largest absolute Gasteiger partial charge is 0.443 e. The summed E-state index contributed by atoms with van der Waals surface area (Å²) in [6.07, 6.45) is 5.12. The lowest BCUT2D eigenvalue weighted by Crippen LogP contribution is -2.39. The summed E-state index contributed by atoms with van der Waals surface area (Å²) in [6.45, 7) is 5.68. The third kappa shape index (κ3) is 2.28. The number of carbonyl (C=O) groups is 1. The molecule has 1 atom stereocenters. The summed E-state index contributed by atoms with van der Waals surface area (Å²) in [5.41, 5.74) is 0.611. The first-order chi connectivity index (χ1) is 6.27. The second-order valence-corrected chi connectivity index (χ2v) is 3.57. The normalized spacial score (nSPS) is 28.4. The van der Waals surface area contributed by atoms with Gasteiger partial charge in [0.2, 0.25) is 0 Å². The number of halogens is 1. The van der Waals surface area contributed by atoms with Gasteiger partial charge in [-0.1, -0.05) is 6.58 Å². The summed E-state index contributed by atoms with van der Waals surface area (Å²) in [5.74, 6) is -0.223. The van der Waals surface area contributed by atoms with Crippen molar-refractivity contribution in [3.63, 3.8) is 0 Å². The molecule has 0 spiro atoms. The van der Waals surface area contributed by atoms with Gasteiger partial charge in [-0.15, -0.1) is 12.4 Å². The van der Waals surface area contributed by atoms with Crippen LogP contribution < -0.4 is 0 Å². The van der Waals surface area contributed by atoms with E-state index in [9.17, 15) is 4.79 Å². The molecule has 2 saturated heterocycles. The Kier molecular flexibility index (Phi) is 3.96. The van der Waals surface area contributed by atoms with Crippen molar-refractivity contribution in [2.24, 2.45) is 0 Å². The van der Waals surface area contributed by atoms with Gasteiger partial charge in [-0.3, -0.25) is 4.90 Å². The highest BCUT2D eigenvalue weighted by Crippen LogP contribution is 2.24. The first-order valence-corrected chi connectivity index (χ1v) is 4.72. The minimum Gasteiger partial charge on any atom is -0.443 e. The van der Waals surface area contributed by atoms with Crippen molar-refractivity contribution < 1.29 is 9.53 Å². The second kappa shape index (κ2) is 4.80. The number of likely N-dealkylation sites (tertiary alicyclic amines) is 1. The Balaban J connectivity index is 0.000000980. The molecule has 2 heterocycles. The lowest BCUT2D eigenvalue weighted by Gasteiger charge is -2.30. The Bertz CT molecular complexity index is 220. The van der Waals surface area contributed by atoms with E-state index in [1.54, 1.807) is 0 Å². The van der Waals surface area contributed by atoms with E-state index < -0.39 is 0 Å². The van der Waals surface area contributed by atoms with Crippen LogP contribution in [-0.2, 0) is 9.53 Å². The number of rotatable bonds is 1. The van der Waals surface area contributed by atoms with E-state index >= 15 is 0 Å². The minimum absolute atomic E-state index is 0. The fourth-order valence-corrected chi connectivity index (χ4v) is 1.80. The minimum atomic E-state index is -0.223.